The first-order valence-electron chi connectivity index (χ1n) is 8.03. The highest BCUT2D eigenvalue weighted by Gasteiger charge is 2.29. The Morgan fingerprint density at radius 3 is 2.10 bits per heavy atom. The van der Waals surface area contributed by atoms with E-state index in [2.05, 4.69) is 65.6 Å². The second kappa shape index (κ2) is 8.14. The van der Waals surface area contributed by atoms with E-state index >= 15 is 0 Å². The number of rotatable bonds is 8. The molecule has 0 unspecified atom stereocenters. The van der Waals surface area contributed by atoms with E-state index in [9.17, 15) is 4.79 Å². The lowest BCUT2D eigenvalue weighted by molar-refractivity contribution is -0.125. The molecule has 0 saturated carbocycles. The summed E-state index contributed by atoms with van der Waals surface area (Å²) in [6.45, 7) is 19.1. The van der Waals surface area contributed by atoms with Crippen molar-refractivity contribution in [1.82, 2.24) is 10.2 Å². The highest BCUT2D eigenvalue weighted by atomic mass is 16.1. The van der Waals surface area contributed by atoms with Gasteiger partial charge in [0.25, 0.3) is 0 Å². The van der Waals surface area contributed by atoms with Crippen LogP contribution in [0.2, 0.25) is 0 Å². The SMILES string of the molecule is CCCN([C@H](C)C(=O)CCCNC(C)(C)C)C(C)(C)C. The largest absolute Gasteiger partial charge is 0.312 e. The van der Waals surface area contributed by atoms with Gasteiger partial charge in [0.15, 0.2) is 0 Å². The molecule has 1 atom stereocenters. The van der Waals surface area contributed by atoms with E-state index in [0.29, 0.717) is 12.2 Å². The zero-order valence-electron chi connectivity index (χ0n) is 15.0. The lowest BCUT2D eigenvalue weighted by Crippen LogP contribution is -2.50. The van der Waals surface area contributed by atoms with E-state index in [1.807, 2.05) is 0 Å². The maximum absolute atomic E-state index is 12.4. The number of Topliss-reactive ketones (excluding diaryl/α,β-unsaturated/α-hetero) is 1. The Morgan fingerprint density at radius 2 is 1.70 bits per heavy atom. The van der Waals surface area contributed by atoms with Crippen LogP contribution in [0.4, 0.5) is 0 Å². The van der Waals surface area contributed by atoms with Crippen LogP contribution in [0.3, 0.4) is 0 Å². The number of nitrogens with zero attached hydrogens (tertiary/aromatic N) is 1. The first-order valence-corrected chi connectivity index (χ1v) is 8.03. The Morgan fingerprint density at radius 1 is 1.15 bits per heavy atom. The van der Waals surface area contributed by atoms with Gasteiger partial charge in [-0.25, -0.2) is 0 Å². The Hall–Kier alpha value is -0.410. The number of nitrogens with one attached hydrogen (secondary N) is 1. The molecule has 0 aromatic heterocycles. The van der Waals surface area contributed by atoms with Crippen molar-refractivity contribution in [2.45, 2.75) is 91.8 Å². The van der Waals surface area contributed by atoms with E-state index < -0.39 is 0 Å². The van der Waals surface area contributed by atoms with Gasteiger partial charge < -0.3 is 5.32 Å². The average Bonchev–Trinajstić information content (AvgIpc) is 2.27. The van der Waals surface area contributed by atoms with Crippen molar-refractivity contribution in [2.75, 3.05) is 13.1 Å². The van der Waals surface area contributed by atoms with E-state index in [4.69, 9.17) is 0 Å². The molecule has 0 saturated heterocycles. The molecule has 0 aliphatic carbocycles. The molecule has 3 nitrogen and oxygen atoms in total. The summed E-state index contributed by atoms with van der Waals surface area (Å²) in [4.78, 5) is 14.7. The van der Waals surface area contributed by atoms with Gasteiger partial charge in [-0.15, -0.1) is 0 Å². The fourth-order valence-corrected chi connectivity index (χ4v) is 2.46. The van der Waals surface area contributed by atoms with Crippen LogP contribution in [-0.4, -0.2) is 40.9 Å². The Labute approximate surface area is 126 Å². The molecule has 0 spiro atoms. The highest BCUT2D eigenvalue weighted by molar-refractivity contribution is 5.83. The fraction of sp³-hybridized carbons (Fsp3) is 0.941. The van der Waals surface area contributed by atoms with Gasteiger partial charge in [-0.2, -0.15) is 0 Å². The van der Waals surface area contributed by atoms with Crippen LogP contribution in [0.5, 0.6) is 0 Å². The molecule has 120 valence electrons. The third-order valence-corrected chi connectivity index (χ3v) is 3.51. The summed E-state index contributed by atoms with van der Waals surface area (Å²) in [6.07, 6.45) is 2.67. The predicted molar refractivity (Wildman–Crippen MR) is 88.2 cm³/mol. The van der Waals surface area contributed by atoms with Crippen LogP contribution in [-0.2, 0) is 4.79 Å². The van der Waals surface area contributed by atoms with Crippen LogP contribution >= 0.6 is 0 Å². The second-order valence-electron chi connectivity index (χ2n) is 7.79. The summed E-state index contributed by atoms with van der Waals surface area (Å²) in [7, 11) is 0. The van der Waals surface area contributed by atoms with E-state index in [1.54, 1.807) is 0 Å². The number of hydrogen-bond donors (Lipinski definition) is 1. The van der Waals surface area contributed by atoms with Crippen LogP contribution in [0.1, 0.15) is 74.7 Å². The van der Waals surface area contributed by atoms with Crippen molar-refractivity contribution in [3.8, 4) is 0 Å². The molecule has 0 amide bonds. The molecule has 0 aliphatic rings. The number of carbonyl (C=O) groups excluding carboxylic acids is 1. The zero-order chi connectivity index (χ0) is 16.0. The molecule has 0 aromatic carbocycles. The number of carbonyl (C=O) groups is 1. The smallest absolute Gasteiger partial charge is 0.149 e. The van der Waals surface area contributed by atoms with Crippen molar-refractivity contribution in [2.24, 2.45) is 0 Å². The summed E-state index contributed by atoms with van der Waals surface area (Å²) in [5.41, 5.74) is 0.184. The van der Waals surface area contributed by atoms with Crippen LogP contribution < -0.4 is 5.32 Å². The lowest BCUT2D eigenvalue weighted by Gasteiger charge is -2.39. The molecule has 1 N–H and O–H groups in total. The van der Waals surface area contributed by atoms with Gasteiger partial charge in [0, 0.05) is 17.5 Å². The third-order valence-electron chi connectivity index (χ3n) is 3.51. The summed E-state index contributed by atoms with van der Waals surface area (Å²) in [5, 5.41) is 3.43. The minimum absolute atomic E-state index is 0.0181. The summed E-state index contributed by atoms with van der Waals surface area (Å²) < 4.78 is 0. The zero-order valence-corrected chi connectivity index (χ0v) is 15.0. The quantitative estimate of drug-likeness (QED) is 0.691. The van der Waals surface area contributed by atoms with Gasteiger partial charge in [0.2, 0.25) is 0 Å². The van der Waals surface area contributed by atoms with Gasteiger partial charge in [0.05, 0.1) is 6.04 Å². The summed E-state index contributed by atoms with van der Waals surface area (Å²) in [6, 6.07) is 0.0181. The van der Waals surface area contributed by atoms with Crippen molar-refractivity contribution in [3.05, 3.63) is 0 Å². The minimum atomic E-state index is 0.0181. The maximum atomic E-state index is 12.4. The molecule has 0 fully saturated rings. The number of hydrogen-bond acceptors (Lipinski definition) is 3. The van der Waals surface area contributed by atoms with Crippen molar-refractivity contribution in [3.63, 3.8) is 0 Å². The molecule has 0 radical (unpaired) electrons. The minimum Gasteiger partial charge on any atom is -0.312 e. The first-order chi connectivity index (χ1) is 8.99. The summed E-state index contributed by atoms with van der Waals surface area (Å²) in [5.74, 6) is 0.365. The fourth-order valence-electron chi connectivity index (χ4n) is 2.46. The molecule has 0 aromatic rings. The monoisotopic (exact) mass is 284 g/mol. The average molecular weight is 284 g/mol. The van der Waals surface area contributed by atoms with E-state index in [0.717, 1.165) is 25.9 Å². The molecule has 0 rings (SSSR count). The van der Waals surface area contributed by atoms with Crippen molar-refractivity contribution < 1.29 is 4.79 Å². The van der Waals surface area contributed by atoms with E-state index in [-0.39, 0.29) is 17.1 Å². The third kappa shape index (κ3) is 8.01. The van der Waals surface area contributed by atoms with Crippen LogP contribution in [0.15, 0.2) is 0 Å². The molecular weight excluding hydrogens is 248 g/mol. The number of ketones is 1. The summed E-state index contributed by atoms with van der Waals surface area (Å²) >= 11 is 0. The Bertz CT molecular complexity index is 286. The van der Waals surface area contributed by atoms with Gasteiger partial charge in [-0.1, -0.05) is 6.92 Å². The van der Waals surface area contributed by atoms with Crippen molar-refractivity contribution >= 4 is 5.78 Å². The molecular formula is C17H36N2O. The first kappa shape index (κ1) is 19.6. The van der Waals surface area contributed by atoms with Gasteiger partial charge in [-0.05, 0) is 74.4 Å². The second-order valence-corrected chi connectivity index (χ2v) is 7.79. The molecule has 0 heterocycles. The van der Waals surface area contributed by atoms with Crippen molar-refractivity contribution in [1.29, 1.82) is 0 Å². The van der Waals surface area contributed by atoms with Crippen LogP contribution in [0, 0.1) is 0 Å². The van der Waals surface area contributed by atoms with E-state index in [1.165, 1.54) is 0 Å². The molecule has 0 aliphatic heterocycles. The standard InChI is InChI=1S/C17H36N2O/c1-9-13-19(17(6,7)8)14(2)15(20)11-10-12-18-16(3,4)5/h14,18H,9-13H2,1-8H3/t14-/m1/s1. The molecule has 20 heavy (non-hydrogen) atoms. The van der Waals surface area contributed by atoms with Gasteiger partial charge in [-0.3, -0.25) is 9.69 Å². The Balaban J connectivity index is 4.31. The topological polar surface area (TPSA) is 32.3 Å². The molecule has 0 bridgehead atoms. The lowest BCUT2D eigenvalue weighted by atomic mass is 9.99. The van der Waals surface area contributed by atoms with Gasteiger partial charge in [0.1, 0.15) is 5.78 Å². The molecule has 3 heteroatoms. The Kier molecular flexibility index (Phi) is 7.97. The normalized spacial score (nSPS) is 14.7. The maximum Gasteiger partial charge on any atom is 0.149 e. The predicted octanol–water partition coefficient (Wildman–Crippen LogP) is 3.62. The van der Waals surface area contributed by atoms with Gasteiger partial charge >= 0.3 is 0 Å². The van der Waals surface area contributed by atoms with Crippen LogP contribution in [0.25, 0.3) is 0 Å². The highest BCUT2D eigenvalue weighted by Crippen LogP contribution is 2.19.